The topological polar surface area (TPSA) is 75.9 Å². The summed E-state index contributed by atoms with van der Waals surface area (Å²) in [5.41, 5.74) is -1.35. The highest BCUT2D eigenvalue weighted by molar-refractivity contribution is 5.85. The van der Waals surface area contributed by atoms with Crippen LogP contribution in [0.2, 0.25) is 0 Å². The van der Waals surface area contributed by atoms with Gasteiger partial charge in [-0.05, 0) is 25.3 Å². The molecule has 138 valence electrons. The van der Waals surface area contributed by atoms with Crippen LogP contribution >= 0.6 is 0 Å². The molecule has 1 spiro atoms. The van der Waals surface area contributed by atoms with Crippen LogP contribution in [-0.4, -0.2) is 45.3 Å². The number of rotatable bonds is 2. The van der Waals surface area contributed by atoms with E-state index < -0.39 is 17.3 Å². The Balaban J connectivity index is 1.65. The van der Waals surface area contributed by atoms with Crippen molar-refractivity contribution in [1.29, 1.82) is 0 Å². The summed E-state index contributed by atoms with van der Waals surface area (Å²) in [4.78, 5) is 22.6. The summed E-state index contributed by atoms with van der Waals surface area (Å²) in [5.74, 6) is 0.387. The Bertz CT molecular complexity index is 835. The predicted molar refractivity (Wildman–Crippen MR) is 85.7 cm³/mol. The van der Waals surface area contributed by atoms with Gasteiger partial charge in [-0.25, -0.2) is 9.67 Å². The van der Waals surface area contributed by atoms with Crippen molar-refractivity contribution >= 4 is 11.9 Å². The Hall–Kier alpha value is -2.65. The number of halogens is 3. The molecule has 10 heteroatoms. The van der Waals surface area contributed by atoms with Crippen molar-refractivity contribution in [3.8, 4) is 5.82 Å². The Labute approximate surface area is 147 Å². The number of carbonyl (C=O) groups excluding carboxylic acids is 1. The molecule has 1 N–H and O–H groups in total. The minimum atomic E-state index is -4.53. The van der Waals surface area contributed by atoms with E-state index in [2.05, 4.69) is 20.4 Å². The standard InChI is InChI=1S/C16H17F3N6O/c17-16(18,19)11-2-7-22-25(11)12-3-6-21-14(23-12)24-9-1-4-15(10-24)5-8-20-13(15)26/h2-3,6-7H,1,4-5,8-10H2,(H,20,26). The molecule has 0 bridgehead atoms. The maximum Gasteiger partial charge on any atom is 0.433 e. The second-order valence-corrected chi connectivity index (χ2v) is 6.65. The number of hydrogen-bond acceptors (Lipinski definition) is 5. The zero-order chi connectivity index (χ0) is 18.4. The summed E-state index contributed by atoms with van der Waals surface area (Å²) in [7, 11) is 0. The van der Waals surface area contributed by atoms with Crippen LogP contribution in [0.25, 0.3) is 5.82 Å². The lowest BCUT2D eigenvalue weighted by Crippen LogP contribution is -2.47. The Morgan fingerprint density at radius 1 is 1.19 bits per heavy atom. The van der Waals surface area contributed by atoms with Crippen LogP contribution in [0, 0.1) is 5.41 Å². The van der Waals surface area contributed by atoms with E-state index in [1.54, 1.807) is 0 Å². The molecule has 2 aromatic rings. The smallest absolute Gasteiger partial charge is 0.356 e. The third kappa shape index (κ3) is 2.78. The van der Waals surface area contributed by atoms with E-state index in [-0.39, 0.29) is 11.7 Å². The van der Waals surface area contributed by atoms with Gasteiger partial charge in [0, 0.05) is 31.9 Å². The first-order chi connectivity index (χ1) is 12.4. The molecule has 2 aromatic heterocycles. The summed E-state index contributed by atoms with van der Waals surface area (Å²) in [5, 5.41) is 6.61. The number of hydrogen-bond donors (Lipinski definition) is 1. The van der Waals surface area contributed by atoms with E-state index in [1.807, 2.05) is 4.90 Å². The zero-order valence-electron chi connectivity index (χ0n) is 13.8. The summed E-state index contributed by atoms with van der Waals surface area (Å²) < 4.78 is 40.1. The van der Waals surface area contributed by atoms with Crippen molar-refractivity contribution in [1.82, 2.24) is 25.1 Å². The van der Waals surface area contributed by atoms with Crippen molar-refractivity contribution < 1.29 is 18.0 Å². The first kappa shape index (κ1) is 16.8. The fourth-order valence-corrected chi connectivity index (χ4v) is 3.72. The van der Waals surface area contributed by atoms with Gasteiger partial charge in [-0.3, -0.25) is 4.79 Å². The summed E-state index contributed by atoms with van der Waals surface area (Å²) in [6.07, 6.45) is 0.319. The van der Waals surface area contributed by atoms with E-state index in [9.17, 15) is 18.0 Å². The van der Waals surface area contributed by atoms with Crippen molar-refractivity contribution in [2.24, 2.45) is 5.41 Å². The van der Waals surface area contributed by atoms with Crippen LogP contribution in [0.3, 0.4) is 0 Å². The molecule has 1 unspecified atom stereocenters. The van der Waals surface area contributed by atoms with Crippen LogP contribution in [0.5, 0.6) is 0 Å². The second kappa shape index (κ2) is 5.96. The van der Waals surface area contributed by atoms with Crippen molar-refractivity contribution in [3.05, 3.63) is 30.2 Å². The minimum Gasteiger partial charge on any atom is -0.356 e. The summed E-state index contributed by atoms with van der Waals surface area (Å²) in [6.45, 7) is 1.77. The monoisotopic (exact) mass is 366 g/mol. The number of nitrogens with one attached hydrogen (secondary N) is 1. The van der Waals surface area contributed by atoms with Crippen LogP contribution in [0.1, 0.15) is 25.0 Å². The van der Waals surface area contributed by atoms with E-state index in [0.717, 1.165) is 36.2 Å². The highest BCUT2D eigenvalue weighted by Crippen LogP contribution is 2.37. The lowest BCUT2D eigenvalue weighted by molar-refractivity contribution is -0.142. The fraction of sp³-hybridized carbons (Fsp3) is 0.500. The van der Waals surface area contributed by atoms with Crippen LogP contribution in [0.15, 0.2) is 24.5 Å². The third-order valence-electron chi connectivity index (χ3n) is 5.01. The average molecular weight is 366 g/mol. The maximum atomic E-state index is 13.1. The molecular weight excluding hydrogens is 349 g/mol. The first-order valence-electron chi connectivity index (χ1n) is 8.37. The Kier molecular flexibility index (Phi) is 3.85. The van der Waals surface area contributed by atoms with E-state index in [4.69, 9.17) is 0 Å². The lowest BCUT2D eigenvalue weighted by atomic mass is 9.78. The largest absolute Gasteiger partial charge is 0.433 e. The highest BCUT2D eigenvalue weighted by atomic mass is 19.4. The number of aromatic nitrogens is 4. The SMILES string of the molecule is O=C1NCCC12CCCN(c1nccc(-n3nccc3C(F)(F)F)n1)C2. The Morgan fingerprint density at radius 3 is 2.77 bits per heavy atom. The minimum absolute atomic E-state index is 0.0322. The third-order valence-corrected chi connectivity index (χ3v) is 5.01. The quantitative estimate of drug-likeness (QED) is 0.877. The first-order valence-corrected chi connectivity index (χ1v) is 8.37. The molecule has 1 atom stereocenters. The van der Waals surface area contributed by atoms with Crippen molar-refractivity contribution in [3.63, 3.8) is 0 Å². The molecule has 4 heterocycles. The molecular formula is C16H17F3N6O. The van der Waals surface area contributed by atoms with Gasteiger partial charge in [-0.2, -0.15) is 23.3 Å². The molecule has 0 saturated carbocycles. The molecule has 4 rings (SSSR count). The van der Waals surface area contributed by atoms with Crippen LogP contribution in [0.4, 0.5) is 19.1 Å². The molecule has 2 aliphatic rings. The van der Waals surface area contributed by atoms with E-state index in [0.29, 0.717) is 25.6 Å². The normalized spacial score (nSPS) is 23.5. The van der Waals surface area contributed by atoms with Gasteiger partial charge in [-0.1, -0.05) is 0 Å². The Morgan fingerprint density at radius 2 is 2.04 bits per heavy atom. The van der Waals surface area contributed by atoms with Crippen molar-refractivity contribution in [2.75, 3.05) is 24.5 Å². The zero-order valence-corrected chi connectivity index (χ0v) is 13.8. The number of amides is 1. The average Bonchev–Trinajstić information content (AvgIpc) is 3.23. The molecule has 0 aromatic carbocycles. The summed E-state index contributed by atoms with van der Waals surface area (Å²) >= 11 is 0. The fourth-order valence-electron chi connectivity index (χ4n) is 3.72. The lowest BCUT2D eigenvalue weighted by Gasteiger charge is -2.38. The van der Waals surface area contributed by atoms with Crippen LogP contribution in [-0.2, 0) is 11.0 Å². The van der Waals surface area contributed by atoms with Gasteiger partial charge in [0.15, 0.2) is 5.82 Å². The molecule has 2 aliphatic heterocycles. The number of carbonyl (C=O) groups is 1. The summed E-state index contributed by atoms with van der Waals surface area (Å²) in [6, 6.07) is 2.29. The number of alkyl halides is 3. The molecule has 0 aliphatic carbocycles. The highest BCUT2D eigenvalue weighted by Gasteiger charge is 2.45. The van der Waals surface area contributed by atoms with E-state index in [1.165, 1.54) is 12.3 Å². The molecule has 26 heavy (non-hydrogen) atoms. The molecule has 2 fully saturated rings. The molecule has 0 radical (unpaired) electrons. The number of piperidine rings is 1. The molecule has 2 saturated heterocycles. The molecule has 1 amide bonds. The molecule has 7 nitrogen and oxygen atoms in total. The van der Waals surface area contributed by atoms with Gasteiger partial charge >= 0.3 is 6.18 Å². The van der Waals surface area contributed by atoms with E-state index >= 15 is 0 Å². The van der Waals surface area contributed by atoms with Gasteiger partial charge in [0.25, 0.3) is 0 Å². The van der Waals surface area contributed by atoms with Gasteiger partial charge in [0.2, 0.25) is 11.9 Å². The van der Waals surface area contributed by atoms with Gasteiger partial charge in [0.1, 0.15) is 5.69 Å². The van der Waals surface area contributed by atoms with Crippen molar-refractivity contribution in [2.45, 2.75) is 25.4 Å². The second-order valence-electron chi connectivity index (χ2n) is 6.65. The van der Waals surface area contributed by atoms with Gasteiger partial charge in [-0.15, -0.1) is 0 Å². The van der Waals surface area contributed by atoms with Gasteiger partial charge < -0.3 is 10.2 Å². The number of anilines is 1. The van der Waals surface area contributed by atoms with Gasteiger partial charge in [0.05, 0.1) is 11.6 Å². The maximum absolute atomic E-state index is 13.1. The van der Waals surface area contributed by atoms with Crippen LogP contribution < -0.4 is 10.2 Å². The predicted octanol–water partition coefficient (Wildman–Crippen LogP) is 1.79. The number of nitrogens with zero attached hydrogens (tertiary/aromatic N) is 5.